The van der Waals surface area contributed by atoms with E-state index in [0.29, 0.717) is 17.8 Å². The lowest BCUT2D eigenvalue weighted by atomic mass is 9.78. The van der Waals surface area contributed by atoms with Crippen molar-refractivity contribution in [2.75, 3.05) is 7.11 Å². The lowest BCUT2D eigenvalue weighted by Crippen LogP contribution is -2.48. The fraction of sp³-hybridized carbons (Fsp3) is 1.00. The Balaban J connectivity index is 2.07. The molecule has 0 amide bonds. The van der Waals surface area contributed by atoms with Crippen LogP contribution in [0.1, 0.15) is 54.4 Å². The van der Waals surface area contributed by atoms with Gasteiger partial charge >= 0.3 is 0 Å². The van der Waals surface area contributed by atoms with E-state index >= 15 is 0 Å². The molecule has 0 N–H and O–H groups in total. The molecule has 0 aromatic carbocycles. The third-order valence-electron chi connectivity index (χ3n) is 5.93. The van der Waals surface area contributed by atoms with E-state index in [2.05, 4.69) is 41.5 Å². The summed E-state index contributed by atoms with van der Waals surface area (Å²) in [7, 11) is 1.70. The summed E-state index contributed by atoms with van der Waals surface area (Å²) in [5.74, 6) is 1.79. The molecule has 2 aliphatic heterocycles. The fourth-order valence-electron chi connectivity index (χ4n) is 3.94. The van der Waals surface area contributed by atoms with Crippen LogP contribution in [-0.2, 0) is 18.9 Å². The molecule has 2 aliphatic rings. The average molecular weight is 314 g/mol. The van der Waals surface area contributed by atoms with Gasteiger partial charge < -0.3 is 18.9 Å². The molecule has 2 rings (SSSR count). The molecule has 0 aromatic rings. The molecular weight excluding hydrogens is 280 g/mol. The molecule has 0 aromatic heterocycles. The first-order chi connectivity index (χ1) is 10.4. The van der Waals surface area contributed by atoms with Crippen molar-refractivity contribution >= 4 is 0 Å². The summed E-state index contributed by atoms with van der Waals surface area (Å²) in [6, 6.07) is 0. The zero-order valence-electron chi connectivity index (χ0n) is 15.2. The van der Waals surface area contributed by atoms with Crippen LogP contribution in [0.4, 0.5) is 0 Å². The highest BCUT2D eigenvalue weighted by atomic mass is 16.7. The van der Waals surface area contributed by atoms with Gasteiger partial charge in [-0.1, -0.05) is 41.5 Å². The van der Waals surface area contributed by atoms with Crippen LogP contribution in [0.5, 0.6) is 0 Å². The Hall–Kier alpha value is -0.160. The zero-order valence-corrected chi connectivity index (χ0v) is 15.2. The Morgan fingerprint density at radius 3 is 1.86 bits per heavy atom. The van der Waals surface area contributed by atoms with E-state index in [4.69, 9.17) is 18.9 Å². The Bertz CT molecular complexity index is 344. The van der Waals surface area contributed by atoms with E-state index in [9.17, 15) is 0 Å². The van der Waals surface area contributed by atoms with Crippen LogP contribution in [0.15, 0.2) is 0 Å². The Morgan fingerprint density at radius 2 is 1.32 bits per heavy atom. The normalized spacial score (nSPS) is 49.5. The average Bonchev–Trinajstić information content (AvgIpc) is 2.83. The van der Waals surface area contributed by atoms with E-state index in [1.54, 1.807) is 7.11 Å². The number of rotatable bonds is 5. The second-order valence-corrected chi connectivity index (χ2v) is 7.18. The standard InChI is InChI=1S/C18H34O4/c1-8-14-11(4)10(3)12(5)18(20-14)22-16-13(6)17(19-7)21-15(16)9-2/h10-18H,8-9H2,1-7H3/t10-,11?,12?,13?,14+,15+,16?,17+,18?/m0/s1. The summed E-state index contributed by atoms with van der Waals surface area (Å²) >= 11 is 0. The lowest BCUT2D eigenvalue weighted by Gasteiger charge is -2.44. The molecule has 2 fully saturated rings. The van der Waals surface area contributed by atoms with Gasteiger partial charge in [0, 0.05) is 18.9 Å². The highest BCUT2D eigenvalue weighted by Crippen LogP contribution is 2.40. The van der Waals surface area contributed by atoms with E-state index in [1.165, 1.54) is 0 Å². The monoisotopic (exact) mass is 314 g/mol. The Morgan fingerprint density at radius 1 is 0.727 bits per heavy atom. The Labute approximate surface area is 135 Å². The minimum atomic E-state index is -0.174. The van der Waals surface area contributed by atoms with Crippen LogP contribution in [0, 0.1) is 23.7 Å². The summed E-state index contributed by atoms with van der Waals surface area (Å²) in [5, 5.41) is 0. The topological polar surface area (TPSA) is 36.9 Å². The quantitative estimate of drug-likeness (QED) is 0.773. The van der Waals surface area contributed by atoms with Crippen LogP contribution >= 0.6 is 0 Å². The number of hydrogen-bond donors (Lipinski definition) is 0. The van der Waals surface area contributed by atoms with E-state index in [1.807, 2.05) is 0 Å². The van der Waals surface area contributed by atoms with E-state index in [-0.39, 0.29) is 36.8 Å². The molecule has 0 aliphatic carbocycles. The van der Waals surface area contributed by atoms with Gasteiger partial charge in [-0.25, -0.2) is 0 Å². The van der Waals surface area contributed by atoms with E-state index in [0.717, 1.165) is 12.8 Å². The molecular formula is C18H34O4. The highest BCUT2D eigenvalue weighted by molar-refractivity contribution is 4.88. The molecule has 2 heterocycles. The summed E-state index contributed by atoms with van der Waals surface area (Å²) in [6.45, 7) is 13.3. The molecule has 0 saturated carbocycles. The molecule has 0 radical (unpaired) electrons. The van der Waals surface area contributed by atoms with Crippen LogP contribution in [0.25, 0.3) is 0 Å². The first kappa shape index (κ1) is 18.2. The fourth-order valence-corrected chi connectivity index (χ4v) is 3.94. The maximum Gasteiger partial charge on any atom is 0.162 e. The maximum absolute atomic E-state index is 6.44. The van der Waals surface area contributed by atoms with Crippen molar-refractivity contribution in [3.05, 3.63) is 0 Å². The van der Waals surface area contributed by atoms with Crippen molar-refractivity contribution in [2.45, 2.75) is 85.3 Å². The van der Waals surface area contributed by atoms with Gasteiger partial charge in [0.15, 0.2) is 12.6 Å². The predicted molar refractivity (Wildman–Crippen MR) is 86.4 cm³/mol. The molecule has 4 nitrogen and oxygen atoms in total. The van der Waals surface area contributed by atoms with Crippen molar-refractivity contribution in [1.29, 1.82) is 0 Å². The van der Waals surface area contributed by atoms with Crippen molar-refractivity contribution in [3.63, 3.8) is 0 Å². The van der Waals surface area contributed by atoms with Crippen molar-refractivity contribution in [3.8, 4) is 0 Å². The third kappa shape index (κ3) is 3.35. The van der Waals surface area contributed by atoms with E-state index < -0.39 is 0 Å². The van der Waals surface area contributed by atoms with Crippen molar-refractivity contribution in [2.24, 2.45) is 23.7 Å². The smallest absolute Gasteiger partial charge is 0.162 e. The van der Waals surface area contributed by atoms with Gasteiger partial charge in [-0.3, -0.25) is 0 Å². The van der Waals surface area contributed by atoms with Gasteiger partial charge in [0.2, 0.25) is 0 Å². The summed E-state index contributed by atoms with van der Waals surface area (Å²) < 4.78 is 24.1. The van der Waals surface area contributed by atoms with Gasteiger partial charge in [-0.15, -0.1) is 0 Å². The summed E-state index contributed by atoms with van der Waals surface area (Å²) in [5.41, 5.74) is 0. The molecule has 130 valence electrons. The van der Waals surface area contributed by atoms with Crippen LogP contribution in [-0.4, -0.2) is 38.0 Å². The molecule has 22 heavy (non-hydrogen) atoms. The van der Waals surface area contributed by atoms with Crippen molar-refractivity contribution in [1.82, 2.24) is 0 Å². The SMILES string of the molecule is CC[C@H]1O[C@@H](OC)C(C)C1OC1O[C@H](CC)C(C)[C@H](C)C1C. The summed E-state index contributed by atoms with van der Waals surface area (Å²) in [6.07, 6.45) is 2.06. The predicted octanol–water partition coefficient (Wildman–Crippen LogP) is 3.83. The highest BCUT2D eigenvalue weighted by Gasteiger charge is 2.46. The molecule has 0 bridgehead atoms. The first-order valence-electron chi connectivity index (χ1n) is 8.93. The minimum absolute atomic E-state index is 0.0421. The number of ether oxygens (including phenoxy) is 4. The van der Waals surface area contributed by atoms with Gasteiger partial charge in [0.1, 0.15) is 0 Å². The van der Waals surface area contributed by atoms with Crippen LogP contribution in [0.2, 0.25) is 0 Å². The van der Waals surface area contributed by atoms with Crippen LogP contribution in [0.3, 0.4) is 0 Å². The first-order valence-corrected chi connectivity index (χ1v) is 8.93. The largest absolute Gasteiger partial charge is 0.355 e. The van der Waals surface area contributed by atoms with Gasteiger partial charge in [-0.05, 0) is 24.7 Å². The third-order valence-corrected chi connectivity index (χ3v) is 5.93. The molecule has 0 spiro atoms. The molecule has 5 unspecified atom stereocenters. The van der Waals surface area contributed by atoms with Gasteiger partial charge in [-0.2, -0.15) is 0 Å². The molecule has 9 atom stereocenters. The minimum Gasteiger partial charge on any atom is -0.355 e. The maximum atomic E-state index is 6.44. The lowest BCUT2D eigenvalue weighted by molar-refractivity contribution is -0.271. The summed E-state index contributed by atoms with van der Waals surface area (Å²) in [4.78, 5) is 0. The number of methoxy groups -OCH3 is 1. The molecule has 4 heteroatoms. The van der Waals surface area contributed by atoms with Gasteiger partial charge in [0.05, 0.1) is 18.3 Å². The van der Waals surface area contributed by atoms with Crippen LogP contribution < -0.4 is 0 Å². The Kier molecular flexibility index (Phi) is 6.29. The second kappa shape index (κ2) is 7.61. The van der Waals surface area contributed by atoms with Crippen molar-refractivity contribution < 1.29 is 18.9 Å². The van der Waals surface area contributed by atoms with Gasteiger partial charge in [0.25, 0.3) is 0 Å². The molecule has 2 saturated heterocycles. The number of hydrogen-bond acceptors (Lipinski definition) is 4. The zero-order chi connectivity index (χ0) is 16.4. The second-order valence-electron chi connectivity index (χ2n) is 7.18.